The number of rotatable bonds is 6. The van der Waals surface area contributed by atoms with E-state index in [1.165, 1.54) is 0 Å². The summed E-state index contributed by atoms with van der Waals surface area (Å²) in [7, 11) is 0. The molecule has 0 saturated carbocycles. The number of ether oxygens (including phenoxy) is 1. The maximum Gasteiger partial charge on any atom is 0.235 e. The van der Waals surface area contributed by atoms with E-state index in [2.05, 4.69) is 24.1 Å². The van der Waals surface area contributed by atoms with Gasteiger partial charge in [0.25, 0.3) is 0 Å². The van der Waals surface area contributed by atoms with Crippen molar-refractivity contribution in [1.29, 1.82) is 0 Å². The molecular weight excluding hydrogens is 206 g/mol. The van der Waals surface area contributed by atoms with Crippen molar-refractivity contribution in [3.05, 3.63) is 0 Å². The average Bonchev–Trinajstić information content (AvgIpc) is 2.26. The zero-order valence-electron chi connectivity index (χ0n) is 10.2. The fourth-order valence-electron chi connectivity index (χ4n) is 1.84. The summed E-state index contributed by atoms with van der Waals surface area (Å²) in [4.78, 5) is 13.5. The number of carbonyl (C=O) groups excluding carboxylic acids is 1. The maximum absolute atomic E-state index is 11.3. The molecule has 1 rings (SSSR count). The molecular formula is C11H23N3O2. The number of morpholine rings is 1. The van der Waals surface area contributed by atoms with Gasteiger partial charge in [0.15, 0.2) is 0 Å². The Kier molecular flexibility index (Phi) is 5.73. The summed E-state index contributed by atoms with van der Waals surface area (Å²) in [6.45, 7) is 8.03. The predicted molar refractivity (Wildman–Crippen MR) is 63.1 cm³/mol. The van der Waals surface area contributed by atoms with Crippen molar-refractivity contribution in [2.24, 2.45) is 5.73 Å². The van der Waals surface area contributed by atoms with Gasteiger partial charge >= 0.3 is 0 Å². The van der Waals surface area contributed by atoms with Crippen LogP contribution < -0.4 is 11.1 Å². The molecule has 16 heavy (non-hydrogen) atoms. The first kappa shape index (κ1) is 13.4. The summed E-state index contributed by atoms with van der Waals surface area (Å²) in [6.07, 6.45) is 1.00. The number of hydrogen-bond acceptors (Lipinski definition) is 4. The zero-order chi connectivity index (χ0) is 12.0. The molecule has 5 nitrogen and oxygen atoms in total. The summed E-state index contributed by atoms with van der Waals surface area (Å²) in [5.74, 6) is -0.271. The van der Waals surface area contributed by atoms with Crippen LogP contribution in [0.5, 0.6) is 0 Å². The molecule has 0 aromatic heterocycles. The number of carbonyl (C=O) groups is 1. The number of nitrogens with two attached hydrogens (primary N) is 1. The molecule has 0 aromatic rings. The van der Waals surface area contributed by atoms with Gasteiger partial charge in [0.2, 0.25) is 5.91 Å². The van der Waals surface area contributed by atoms with Crippen LogP contribution in [-0.4, -0.2) is 55.7 Å². The van der Waals surface area contributed by atoms with Crippen molar-refractivity contribution in [3.8, 4) is 0 Å². The lowest BCUT2D eigenvalue weighted by Crippen LogP contribution is -2.54. The molecule has 1 amide bonds. The van der Waals surface area contributed by atoms with Crippen LogP contribution in [0.1, 0.15) is 20.3 Å². The number of primary amides is 1. The average molecular weight is 229 g/mol. The zero-order valence-corrected chi connectivity index (χ0v) is 10.2. The van der Waals surface area contributed by atoms with Gasteiger partial charge in [0.05, 0.1) is 19.3 Å². The highest BCUT2D eigenvalue weighted by Gasteiger charge is 2.24. The maximum atomic E-state index is 11.3. The molecule has 3 N–H and O–H groups in total. The SMILES string of the molecule is CCCNC(CN1CCOCC1C)C(N)=O. The first-order valence-electron chi connectivity index (χ1n) is 5.99. The molecule has 1 aliphatic heterocycles. The van der Waals surface area contributed by atoms with Crippen molar-refractivity contribution < 1.29 is 9.53 Å². The van der Waals surface area contributed by atoms with Crippen LogP contribution in [0.4, 0.5) is 0 Å². The lowest BCUT2D eigenvalue weighted by atomic mass is 10.2. The van der Waals surface area contributed by atoms with E-state index in [4.69, 9.17) is 10.5 Å². The van der Waals surface area contributed by atoms with E-state index in [0.717, 1.165) is 32.7 Å². The lowest BCUT2D eigenvalue weighted by molar-refractivity contribution is -0.121. The normalized spacial score (nSPS) is 24.2. The Bertz CT molecular complexity index is 223. The van der Waals surface area contributed by atoms with Crippen molar-refractivity contribution in [2.45, 2.75) is 32.4 Å². The van der Waals surface area contributed by atoms with E-state index < -0.39 is 0 Å². The first-order valence-corrected chi connectivity index (χ1v) is 5.99. The molecule has 1 heterocycles. The summed E-state index contributed by atoms with van der Waals surface area (Å²) in [5.41, 5.74) is 5.38. The smallest absolute Gasteiger partial charge is 0.235 e. The summed E-state index contributed by atoms with van der Waals surface area (Å²) < 4.78 is 5.36. The van der Waals surface area contributed by atoms with E-state index in [-0.39, 0.29) is 11.9 Å². The molecule has 1 saturated heterocycles. The number of nitrogens with one attached hydrogen (secondary N) is 1. The van der Waals surface area contributed by atoms with E-state index in [1.54, 1.807) is 0 Å². The highest BCUT2D eigenvalue weighted by atomic mass is 16.5. The summed E-state index contributed by atoms with van der Waals surface area (Å²) in [5, 5.41) is 3.18. The number of hydrogen-bond donors (Lipinski definition) is 2. The Balaban J connectivity index is 2.42. The van der Waals surface area contributed by atoms with E-state index in [1.807, 2.05) is 0 Å². The molecule has 94 valence electrons. The van der Waals surface area contributed by atoms with Gasteiger partial charge in [-0.2, -0.15) is 0 Å². The van der Waals surface area contributed by atoms with Crippen LogP contribution in [0.25, 0.3) is 0 Å². The highest BCUT2D eigenvalue weighted by molar-refractivity contribution is 5.80. The summed E-state index contributed by atoms with van der Waals surface area (Å²) >= 11 is 0. The Labute approximate surface area is 97.3 Å². The van der Waals surface area contributed by atoms with Crippen molar-refractivity contribution >= 4 is 5.91 Å². The topological polar surface area (TPSA) is 67.6 Å². The van der Waals surface area contributed by atoms with Gasteiger partial charge in [-0.15, -0.1) is 0 Å². The van der Waals surface area contributed by atoms with E-state index in [0.29, 0.717) is 12.6 Å². The number of amides is 1. The van der Waals surface area contributed by atoms with Crippen LogP contribution in [0.3, 0.4) is 0 Å². The van der Waals surface area contributed by atoms with Crippen LogP contribution in [0.2, 0.25) is 0 Å². The quantitative estimate of drug-likeness (QED) is 0.648. The standard InChI is InChI=1S/C11H23N3O2/c1-3-4-13-10(11(12)15)7-14-5-6-16-8-9(14)2/h9-10,13H,3-8H2,1-2H3,(H2,12,15). The molecule has 2 atom stereocenters. The summed E-state index contributed by atoms with van der Waals surface area (Å²) in [6, 6.07) is 0.111. The molecule has 0 aliphatic carbocycles. The third kappa shape index (κ3) is 4.08. The third-order valence-electron chi connectivity index (χ3n) is 2.91. The second-order valence-corrected chi connectivity index (χ2v) is 4.33. The highest BCUT2D eigenvalue weighted by Crippen LogP contribution is 2.06. The molecule has 0 radical (unpaired) electrons. The third-order valence-corrected chi connectivity index (χ3v) is 2.91. The van der Waals surface area contributed by atoms with Gasteiger partial charge in [-0.3, -0.25) is 9.69 Å². The molecule has 1 fully saturated rings. The van der Waals surface area contributed by atoms with Crippen molar-refractivity contribution in [3.63, 3.8) is 0 Å². The van der Waals surface area contributed by atoms with Gasteiger partial charge in [0, 0.05) is 19.1 Å². The van der Waals surface area contributed by atoms with Gasteiger partial charge < -0.3 is 15.8 Å². The second kappa shape index (κ2) is 6.83. The van der Waals surface area contributed by atoms with E-state index >= 15 is 0 Å². The van der Waals surface area contributed by atoms with Crippen molar-refractivity contribution in [2.75, 3.05) is 32.8 Å². The fourth-order valence-corrected chi connectivity index (χ4v) is 1.84. The second-order valence-electron chi connectivity index (χ2n) is 4.33. The van der Waals surface area contributed by atoms with Crippen LogP contribution in [-0.2, 0) is 9.53 Å². The Morgan fingerprint density at radius 3 is 3.00 bits per heavy atom. The van der Waals surface area contributed by atoms with Crippen LogP contribution in [0.15, 0.2) is 0 Å². The molecule has 5 heteroatoms. The Morgan fingerprint density at radius 2 is 2.44 bits per heavy atom. The van der Waals surface area contributed by atoms with Gasteiger partial charge in [-0.25, -0.2) is 0 Å². The molecule has 2 unspecified atom stereocenters. The largest absolute Gasteiger partial charge is 0.379 e. The molecule has 0 spiro atoms. The minimum atomic E-state index is -0.271. The van der Waals surface area contributed by atoms with Crippen molar-refractivity contribution in [1.82, 2.24) is 10.2 Å². The minimum Gasteiger partial charge on any atom is -0.379 e. The molecule has 0 aromatic carbocycles. The van der Waals surface area contributed by atoms with Gasteiger partial charge in [-0.1, -0.05) is 6.92 Å². The Hall–Kier alpha value is -0.650. The first-order chi connectivity index (χ1) is 7.65. The molecule has 1 aliphatic rings. The fraction of sp³-hybridized carbons (Fsp3) is 0.909. The lowest BCUT2D eigenvalue weighted by Gasteiger charge is -2.35. The van der Waals surface area contributed by atoms with Crippen LogP contribution >= 0.6 is 0 Å². The van der Waals surface area contributed by atoms with Gasteiger partial charge in [-0.05, 0) is 19.9 Å². The number of nitrogens with zero attached hydrogens (tertiary/aromatic N) is 1. The minimum absolute atomic E-state index is 0.250. The van der Waals surface area contributed by atoms with E-state index in [9.17, 15) is 4.79 Å². The monoisotopic (exact) mass is 229 g/mol. The predicted octanol–water partition coefficient (Wildman–Crippen LogP) is -0.439. The molecule has 0 bridgehead atoms. The van der Waals surface area contributed by atoms with Gasteiger partial charge in [0.1, 0.15) is 0 Å². The van der Waals surface area contributed by atoms with Crippen LogP contribution in [0, 0.1) is 0 Å². The Morgan fingerprint density at radius 1 is 1.69 bits per heavy atom.